The highest BCUT2D eigenvalue weighted by Crippen LogP contribution is 2.40. The molecule has 0 fully saturated rings. The normalized spacial score (nSPS) is 12.3. The van der Waals surface area contributed by atoms with Gasteiger partial charge in [-0.1, -0.05) is 53.7 Å². The van der Waals surface area contributed by atoms with Crippen LogP contribution < -0.4 is 5.32 Å². The molecule has 32 heavy (non-hydrogen) atoms. The standard InChI is InChI=1S/C26H35N3O3/c1-25(2,3)18-14-17(15-19(23(18)32)26(4,5)6)22(31)16-29-21-11-8-7-10-20(21)28-24(29)27-12-9-13-30/h7-8,10-11,14-15,30,32H,9,12-13,16H2,1-6H3,(H,27,28). The molecule has 0 aliphatic carbocycles. The van der Waals surface area contributed by atoms with E-state index in [0.717, 1.165) is 22.2 Å². The number of aliphatic hydroxyl groups is 1. The Bertz CT molecular complexity index is 1080. The van der Waals surface area contributed by atoms with Crippen molar-refractivity contribution in [2.45, 2.75) is 65.3 Å². The van der Waals surface area contributed by atoms with Crippen molar-refractivity contribution in [2.75, 3.05) is 18.5 Å². The highest BCUT2D eigenvalue weighted by molar-refractivity contribution is 5.98. The molecule has 3 rings (SSSR count). The SMILES string of the molecule is CC(C)(C)c1cc(C(=O)Cn2c(NCCCO)nc3ccccc32)cc(C(C)(C)C)c1O. The predicted octanol–water partition coefficient (Wildman–Crippen LogP) is 5.01. The molecule has 6 heteroatoms. The van der Waals surface area contributed by atoms with Crippen LogP contribution in [0.4, 0.5) is 5.95 Å². The average molecular weight is 438 g/mol. The van der Waals surface area contributed by atoms with Gasteiger partial charge in [-0.25, -0.2) is 4.98 Å². The number of carbonyl (C=O) groups is 1. The molecule has 0 aliphatic heterocycles. The van der Waals surface area contributed by atoms with Gasteiger partial charge in [0.15, 0.2) is 5.78 Å². The van der Waals surface area contributed by atoms with E-state index in [-0.39, 0.29) is 35.5 Å². The fraction of sp³-hybridized carbons (Fsp3) is 0.462. The van der Waals surface area contributed by atoms with Crippen LogP contribution in [0.2, 0.25) is 0 Å². The fourth-order valence-electron chi connectivity index (χ4n) is 3.82. The van der Waals surface area contributed by atoms with Crippen LogP contribution in [0, 0.1) is 0 Å². The Morgan fingerprint density at radius 3 is 2.19 bits per heavy atom. The Kier molecular flexibility index (Phi) is 6.65. The molecule has 0 unspecified atom stereocenters. The number of nitrogens with zero attached hydrogens (tertiary/aromatic N) is 2. The van der Waals surface area contributed by atoms with E-state index in [1.807, 2.05) is 82.5 Å². The zero-order valence-electron chi connectivity index (χ0n) is 20.0. The molecule has 1 aromatic heterocycles. The minimum absolute atomic E-state index is 0.0469. The minimum Gasteiger partial charge on any atom is -0.507 e. The van der Waals surface area contributed by atoms with Gasteiger partial charge < -0.3 is 20.1 Å². The third-order valence-corrected chi connectivity index (χ3v) is 5.62. The Hall–Kier alpha value is -2.86. The number of ketones is 1. The largest absolute Gasteiger partial charge is 0.507 e. The van der Waals surface area contributed by atoms with E-state index in [1.165, 1.54) is 0 Å². The number of aromatic nitrogens is 2. The molecule has 0 saturated heterocycles. The summed E-state index contributed by atoms with van der Waals surface area (Å²) < 4.78 is 1.88. The number of benzene rings is 2. The van der Waals surface area contributed by atoms with Gasteiger partial charge in [0.25, 0.3) is 0 Å². The molecule has 172 valence electrons. The number of para-hydroxylation sites is 2. The maximum atomic E-state index is 13.5. The van der Waals surface area contributed by atoms with Gasteiger partial charge in [-0.05, 0) is 41.5 Å². The van der Waals surface area contributed by atoms with Crippen LogP contribution in [-0.4, -0.2) is 38.7 Å². The van der Waals surface area contributed by atoms with E-state index in [1.54, 1.807) is 0 Å². The number of phenols is 1. The summed E-state index contributed by atoms with van der Waals surface area (Å²) in [4.78, 5) is 18.1. The highest BCUT2D eigenvalue weighted by Gasteiger charge is 2.28. The average Bonchev–Trinajstić information content (AvgIpc) is 3.04. The van der Waals surface area contributed by atoms with Gasteiger partial charge in [0.2, 0.25) is 5.95 Å². The molecule has 1 heterocycles. The summed E-state index contributed by atoms with van der Waals surface area (Å²) in [6.45, 7) is 13.0. The second kappa shape index (κ2) is 8.94. The Labute approximate surface area is 190 Å². The molecule has 0 saturated carbocycles. The maximum absolute atomic E-state index is 13.5. The number of rotatable bonds is 7. The lowest BCUT2D eigenvalue weighted by Gasteiger charge is -2.28. The lowest BCUT2D eigenvalue weighted by Crippen LogP contribution is -2.20. The number of aliphatic hydroxyl groups excluding tert-OH is 1. The van der Waals surface area contributed by atoms with Gasteiger partial charge in [-0.15, -0.1) is 0 Å². The first kappa shape index (κ1) is 23.8. The lowest BCUT2D eigenvalue weighted by atomic mass is 9.78. The molecular formula is C26H35N3O3. The van der Waals surface area contributed by atoms with E-state index >= 15 is 0 Å². The number of anilines is 1. The Morgan fingerprint density at radius 1 is 1.03 bits per heavy atom. The molecular weight excluding hydrogens is 402 g/mol. The van der Waals surface area contributed by atoms with Crippen molar-refractivity contribution in [3.63, 3.8) is 0 Å². The van der Waals surface area contributed by atoms with E-state index in [4.69, 9.17) is 5.11 Å². The van der Waals surface area contributed by atoms with Crippen molar-refractivity contribution in [3.05, 3.63) is 53.1 Å². The van der Waals surface area contributed by atoms with Crippen molar-refractivity contribution in [1.29, 1.82) is 0 Å². The summed E-state index contributed by atoms with van der Waals surface area (Å²) >= 11 is 0. The quantitative estimate of drug-likeness (QED) is 0.357. The number of fused-ring (bicyclic) bond motifs is 1. The summed E-state index contributed by atoms with van der Waals surface area (Å²) in [5.74, 6) is 0.828. The third kappa shape index (κ3) is 4.96. The van der Waals surface area contributed by atoms with Gasteiger partial charge in [-0.2, -0.15) is 0 Å². The molecule has 0 aliphatic rings. The van der Waals surface area contributed by atoms with Crippen LogP contribution in [0.5, 0.6) is 5.75 Å². The molecule has 0 atom stereocenters. The first-order valence-corrected chi connectivity index (χ1v) is 11.1. The lowest BCUT2D eigenvalue weighted by molar-refractivity contribution is 0.0973. The van der Waals surface area contributed by atoms with Gasteiger partial charge in [-0.3, -0.25) is 4.79 Å². The number of hydrogen-bond donors (Lipinski definition) is 3. The molecule has 3 aromatic rings. The van der Waals surface area contributed by atoms with Crippen LogP contribution in [0.3, 0.4) is 0 Å². The summed E-state index contributed by atoms with van der Waals surface area (Å²) in [5, 5.41) is 23.3. The third-order valence-electron chi connectivity index (χ3n) is 5.62. The number of Topliss-reactive ketones (excluding diaryl/α,β-unsaturated/α-hetero) is 1. The monoisotopic (exact) mass is 437 g/mol. The molecule has 0 bridgehead atoms. The minimum atomic E-state index is -0.306. The highest BCUT2D eigenvalue weighted by atomic mass is 16.3. The van der Waals surface area contributed by atoms with Gasteiger partial charge in [0.1, 0.15) is 5.75 Å². The van der Waals surface area contributed by atoms with Crippen molar-refractivity contribution in [2.24, 2.45) is 0 Å². The summed E-state index contributed by atoms with van der Waals surface area (Å²) in [6.07, 6.45) is 0.596. The number of hydrogen-bond acceptors (Lipinski definition) is 5. The van der Waals surface area contributed by atoms with Gasteiger partial charge >= 0.3 is 0 Å². The molecule has 0 radical (unpaired) electrons. The van der Waals surface area contributed by atoms with Crippen molar-refractivity contribution in [3.8, 4) is 5.75 Å². The topological polar surface area (TPSA) is 87.4 Å². The fourth-order valence-corrected chi connectivity index (χ4v) is 3.82. The first-order valence-electron chi connectivity index (χ1n) is 11.1. The molecule has 0 amide bonds. The maximum Gasteiger partial charge on any atom is 0.204 e. The summed E-state index contributed by atoms with van der Waals surface area (Å²) in [7, 11) is 0. The van der Waals surface area contributed by atoms with Crippen molar-refractivity contribution < 1.29 is 15.0 Å². The van der Waals surface area contributed by atoms with E-state index in [0.29, 0.717) is 24.5 Å². The second-order valence-corrected chi connectivity index (χ2v) is 10.4. The van der Waals surface area contributed by atoms with Crippen LogP contribution in [0.25, 0.3) is 11.0 Å². The molecule has 2 aromatic carbocycles. The molecule has 0 spiro atoms. The first-order chi connectivity index (χ1) is 14.9. The Morgan fingerprint density at radius 2 is 1.62 bits per heavy atom. The predicted molar refractivity (Wildman–Crippen MR) is 130 cm³/mol. The number of carbonyl (C=O) groups excluding carboxylic acids is 1. The number of nitrogens with one attached hydrogen (secondary N) is 1. The smallest absolute Gasteiger partial charge is 0.204 e. The zero-order valence-corrected chi connectivity index (χ0v) is 20.0. The Balaban J connectivity index is 2.06. The summed E-state index contributed by atoms with van der Waals surface area (Å²) in [5.41, 5.74) is 3.19. The molecule has 6 nitrogen and oxygen atoms in total. The summed E-state index contributed by atoms with van der Waals surface area (Å²) in [6, 6.07) is 11.4. The molecule has 3 N–H and O–H groups in total. The van der Waals surface area contributed by atoms with Gasteiger partial charge in [0, 0.05) is 29.8 Å². The van der Waals surface area contributed by atoms with Crippen molar-refractivity contribution in [1.82, 2.24) is 9.55 Å². The zero-order chi connectivity index (χ0) is 23.7. The van der Waals surface area contributed by atoms with Crippen LogP contribution in [0.15, 0.2) is 36.4 Å². The van der Waals surface area contributed by atoms with E-state index < -0.39 is 0 Å². The van der Waals surface area contributed by atoms with Crippen LogP contribution >= 0.6 is 0 Å². The van der Waals surface area contributed by atoms with Gasteiger partial charge in [0.05, 0.1) is 17.6 Å². The van der Waals surface area contributed by atoms with E-state index in [2.05, 4.69) is 10.3 Å². The number of imidazole rings is 1. The van der Waals surface area contributed by atoms with Crippen LogP contribution in [-0.2, 0) is 17.4 Å². The number of aromatic hydroxyl groups is 1. The number of phenolic OH excluding ortho intramolecular Hbond substituents is 1. The van der Waals surface area contributed by atoms with Crippen molar-refractivity contribution >= 4 is 22.8 Å². The second-order valence-electron chi connectivity index (χ2n) is 10.4. The van der Waals surface area contributed by atoms with E-state index in [9.17, 15) is 9.90 Å². The van der Waals surface area contributed by atoms with Crippen LogP contribution in [0.1, 0.15) is 69.4 Å².